The predicted octanol–water partition coefficient (Wildman–Crippen LogP) is -0.653. The van der Waals surface area contributed by atoms with Crippen molar-refractivity contribution in [1.82, 2.24) is 15.3 Å². The number of carbonyl (C=O) groups is 1. The van der Waals surface area contributed by atoms with Crippen LogP contribution in [0.3, 0.4) is 0 Å². The lowest BCUT2D eigenvalue weighted by Crippen LogP contribution is -2.22. The van der Waals surface area contributed by atoms with E-state index in [-0.39, 0.29) is 0 Å². The van der Waals surface area contributed by atoms with Gasteiger partial charge < -0.3 is 5.73 Å². The van der Waals surface area contributed by atoms with Gasteiger partial charge in [0, 0.05) is 5.38 Å². The zero-order valence-corrected chi connectivity index (χ0v) is 5.76. The van der Waals surface area contributed by atoms with Crippen LogP contribution in [0, 0.1) is 0 Å². The minimum Gasteiger partial charge on any atom is -0.315 e. The van der Waals surface area contributed by atoms with Gasteiger partial charge in [-0.25, -0.2) is 0 Å². The molecule has 6 heteroatoms. The van der Waals surface area contributed by atoms with E-state index in [4.69, 9.17) is 11.5 Å². The second kappa shape index (κ2) is 2.72. The summed E-state index contributed by atoms with van der Waals surface area (Å²) in [6, 6.07) is -0.932. The summed E-state index contributed by atoms with van der Waals surface area (Å²) in [4.78, 5) is 10.3. The highest BCUT2D eigenvalue weighted by Gasteiger charge is 2.14. The zero-order chi connectivity index (χ0) is 7.56. The first-order valence-electron chi connectivity index (χ1n) is 2.50. The first-order chi connectivity index (χ1) is 4.72. The van der Waals surface area contributed by atoms with Gasteiger partial charge in [-0.3, -0.25) is 10.5 Å². The number of hydrogen-bond donors (Lipinski definition) is 1. The third kappa shape index (κ3) is 1.28. The van der Waals surface area contributed by atoms with E-state index in [1.165, 1.54) is 0 Å². The molecular weight excluding hydrogens is 152 g/mol. The first-order valence-corrected chi connectivity index (χ1v) is 3.33. The zero-order valence-electron chi connectivity index (χ0n) is 4.94. The minimum absolute atomic E-state index is 0.366. The highest BCUT2D eigenvalue weighted by atomic mass is 32.1. The van der Waals surface area contributed by atoms with Crippen LogP contribution < -0.4 is 11.5 Å². The van der Waals surface area contributed by atoms with Gasteiger partial charge in [0.2, 0.25) is 0 Å². The first kappa shape index (κ1) is 7.10. The molecule has 10 heavy (non-hydrogen) atoms. The van der Waals surface area contributed by atoms with E-state index in [0.29, 0.717) is 5.69 Å². The molecule has 0 aromatic carbocycles. The van der Waals surface area contributed by atoms with E-state index < -0.39 is 11.9 Å². The van der Waals surface area contributed by atoms with Gasteiger partial charge in [-0.15, -0.1) is 5.10 Å². The van der Waals surface area contributed by atoms with Gasteiger partial charge >= 0.3 is 0 Å². The maximum atomic E-state index is 10.3. The minimum atomic E-state index is -0.932. The molecular formula is C4H5N4OS. The Balaban J connectivity index is 2.77. The number of nitrogens with one attached hydrogen (secondary N) is 1. The third-order valence-electron chi connectivity index (χ3n) is 0.978. The Hall–Kier alpha value is -1.01. The summed E-state index contributed by atoms with van der Waals surface area (Å²) in [5.41, 5.74) is 12.2. The molecule has 1 heterocycles. The predicted molar refractivity (Wildman–Crippen MR) is 34.9 cm³/mol. The summed E-state index contributed by atoms with van der Waals surface area (Å²) >= 11 is 1.11. The smallest absolute Gasteiger partial charge is 0.261 e. The van der Waals surface area contributed by atoms with Gasteiger partial charge in [0.05, 0.1) is 0 Å². The molecule has 1 amide bonds. The highest BCUT2D eigenvalue weighted by Crippen LogP contribution is 2.06. The van der Waals surface area contributed by atoms with E-state index in [1.807, 2.05) is 0 Å². The Kier molecular flexibility index (Phi) is 1.93. The van der Waals surface area contributed by atoms with Crippen molar-refractivity contribution in [3.63, 3.8) is 0 Å². The average molecular weight is 157 g/mol. The maximum Gasteiger partial charge on any atom is 0.261 e. The van der Waals surface area contributed by atoms with Crippen molar-refractivity contribution in [2.75, 3.05) is 0 Å². The van der Waals surface area contributed by atoms with Crippen LogP contribution in [0.2, 0.25) is 0 Å². The van der Waals surface area contributed by atoms with Crippen molar-refractivity contribution >= 4 is 17.4 Å². The summed E-state index contributed by atoms with van der Waals surface area (Å²) in [5, 5.41) is 5.09. The molecule has 53 valence electrons. The number of nitrogens with two attached hydrogens (primary N) is 1. The summed E-state index contributed by atoms with van der Waals surface area (Å²) in [6.07, 6.45) is 0. The molecule has 5 nitrogen and oxygen atoms in total. The molecule has 0 saturated carbocycles. The molecule has 0 bridgehead atoms. The van der Waals surface area contributed by atoms with E-state index in [2.05, 4.69) is 9.59 Å². The highest BCUT2D eigenvalue weighted by molar-refractivity contribution is 7.03. The number of rotatable bonds is 2. The fourth-order valence-corrected chi connectivity index (χ4v) is 0.932. The van der Waals surface area contributed by atoms with Crippen LogP contribution in [0.1, 0.15) is 11.7 Å². The summed E-state index contributed by atoms with van der Waals surface area (Å²) in [7, 11) is 0. The maximum absolute atomic E-state index is 10.3. The lowest BCUT2D eigenvalue weighted by molar-refractivity contribution is -0.120. The Bertz CT molecular complexity index is 221. The molecule has 1 aromatic rings. The van der Waals surface area contributed by atoms with Crippen molar-refractivity contribution in [1.29, 1.82) is 0 Å². The van der Waals surface area contributed by atoms with Crippen LogP contribution in [-0.4, -0.2) is 15.5 Å². The largest absolute Gasteiger partial charge is 0.315 e. The molecule has 1 atom stereocenters. The van der Waals surface area contributed by atoms with Crippen LogP contribution in [0.25, 0.3) is 0 Å². The lowest BCUT2D eigenvalue weighted by atomic mass is 10.2. The van der Waals surface area contributed by atoms with E-state index in [9.17, 15) is 4.79 Å². The molecule has 0 aliphatic rings. The van der Waals surface area contributed by atoms with Crippen LogP contribution in [0.5, 0.6) is 0 Å². The monoisotopic (exact) mass is 157 g/mol. The molecule has 1 radical (unpaired) electrons. The number of aromatic nitrogens is 2. The quantitative estimate of drug-likeness (QED) is 0.617. The summed E-state index contributed by atoms with van der Waals surface area (Å²) in [5.74, 6) is -0.840. The average Bonchev–Trinajstić information content (AvgIpc) is 2.36. The van der Waals surface area contributed by atoms with Gasteiger partial charge in [0.1, 0.15) is 11.7 Å². The summed E-state index contributed by atoms with van der Waals surface area (Å²) < 4.78 is 3.50. The molecule has 1 aromatic heterocycles. The van der Waals surface area contributed by atoms with Crippen LogP contribution >= 0.6 is 11.5 Å². The van der Waals surface area contributed by atoms with E-state index >= 15 is 0 Å². The van der Waals surface area contributed by atoms with Crippen molar-refractivity contribution < 1.29 is 4.79 Å². The van der Waals surface area contributed by atoms with Crippen LogP contribution in [0.4, 0.5) is 0 Å². The molecule has 1 rings (SSSR count). The molecule has 0 aliphatic carbocycles. The Morgan fingerprint density at radius 1 is 1.90 bits per heavy atom. The molecule has 0 saturated heterocycles. The van der Waals surface area contributed by atoms with E-state index in [1.54, 1.807) is 5.38 Å². The van der Waals surface area contributed by atoms with Crippen molar-refractivity contribution in [2.45, 2.75) is 6.04 Å². The fourth-order valence-electron chi connectivity index (χ4n) is 0.442. The number of amides is 1. The third-order valence-corrected chi connectivity index (χ3v) is 1.50. The van der Waals surface area contributed by atoms with Gasteiger partial charge in [-0.1, -0.05) is 4.49 Å². The van der Waals surface area contributed by atoms with Gasteiger partial charge in [-0.2, -0.15) is 0 Å². The molecule has 1 unspecified atom stereocenters. The SMILES string of the molecule is [NH]C(=O)C(N)c1csnn1. The van der Waals surface area contributed by atoms with Gasteiger partial charge in [0.15, 0.2) is 0 Å². The summed E-state index contributed by atoms with van der Waals surface area (Å²) in [6.45, 7) is 0. The number of hydrogen-bond acceptors (Lipinski definition) is 5. The Morgan fingerprint density at radius 2 is 2.60 bits per heavy atom. The molecule has 0 spiro atoms. The standard InChI is InChI=1S/C4H5N4OS/c5-3(4(6)9)2-1-10-8-7-2/h1,3,6H,5H2. The van der Waals surface area contributed by atoms with Crippen LogP contribution in [-0.2, 0) is 4.79 Å². The second-order valence-corrected chi connectivity index (χ2v) is 2.28. The normalized spacial score (nSPS) is 12.9. The van der Waals surface area contributed by atoms with E-state index in [0.717, 1.165) is 11.5 Å². The van der Waals surface area contributed by atoms with Crippen molar-refractivity contribution in [3.8, 4) is 0 Å². The Morgan fingerprint density at radius 3 is 3.00 bits per heavy atom. The lowest BCUT2D eigenvalue weighted by Gasteiger charge is -1.98. The molecule has 0 fully saturated rings. The number of carbonyl (C=O) groups excluding carboxylic acids is 1. The van der Waals surface area contributed by atoms with Crippen LogP contribution in [0.15, 0.2) is 5.38 Å². The van der Waals surface area contributed by atoms with Crippen molar-refractivity contribution in [2.24, 2.45) is 5.73 Å². The molecule has 0 aliphatic heterocycles. The second-order valence-electron chi connectivity index (χ2n) is 1.67. The van der Waals surface area contributed by atoms with Gasteiger partial charge in [-0.05, 0) is 11.5 Å². The number of nitrogens with zero attached hydrogens (tertiary/aromatic N) is 2. The topological polar surface area (TPSA) is 92.7 Å². The van der Waals surface area contributed by atoms with Gasteiger partial charge in [0.25, 0.3) is 5.91 Å². The molecule has 3 N–H and O–H groups in total. The fraction of sp³-hybridized carbons (Fsp3) is 0.250. The van der Waals surface area contributed by atoms with Crippen molar-refractivity contribution in [3.05, 3.63) is 11.1 Å². The Labute approximate surface area is 61.2 Å².